The number of ether oxygens (including phenoxy) is 1. The third-order valence-electron chi connectivity index (χ3n) is 2.04. The fourth-order valence-corrected chi connectivity index (χ4v) is 1.25. The van der Waals surface area contributed by atoms with Crippen LogP contribution in [-0.2, 0) is 11.8 Å². The Labute approximate surface area is 85.9 Å². The van der Waals surface area contributed by atoms with E-state index in [2.05, 4.69) is 19.7 Å². The van der Waals surface area contributed by atoms with Crippen LogP contribution in [0.5, 0.6) is 0 Å². The number of aryl methyl sites for hydroxylation is 1. The van der Waals surface area contributed by atoms with Gasteiger partial charge in [0.05, 0.1) is 25.8 Å². The number of methoxy groups -OCH3 is 1. The minimum Gasteiger partial charge on any atom is -0.464 e. The molecule has 2 aromatic rings. The monoisotopic (exact) mass is 206 g/mol. The Bertz CT molecular complexity index is 486. The van der Waals surface area contributed by atoms with Gasteiger partial charge in [0.15, 0.2) is 5.82 Å². The van der Waals surface area contributed by atoms with Crippen molar-refractivity contribution in [2.45, 2.75) is 0 Å². The van der Waals surface area contributed by atoms with Gasteiger partial charge in [-0.25, -0.2) is 14.8 Å². The number of carbonyl (C=O) groups excluding carboxylic acids is 1. The van der Waals surface area contributed by atoms with Crippen molar-refractivity contribution in [2.75, 3.05) is 7.11 Å². The molecule has 78 valence electrons. The molecule has 0 aliphatic rings. The highest BCUT2D eigenvalue weighted by Gasteiger charge is 2.12. The van der Waals surface area contributed by atoms with Crippen LogP contribution in [0.25, 0.3) is 11.5 Å². The molecule has 0 saturated heterocycles. The molecule has 2 rings (SSSR count). The van der Waals surface area contributed by atoms with Crippen LogP contribution >= 0.6 is 0 Å². The van der Waals surface area contributed by atoms with Crippen molar-refractivity contribution in [3.8, 4) is 11.5 Å². The van der Waals surface area contributed by atoms with E-state index in [0.717, 1.165) is 5.69 Å². The Hall–Kier alpha value is -2.11. The maximum absolute atomic E-state index is 11.2. The molecule has 0 aliphatic heterocycles. The molecule has 0 saturated carbocycles. The van der Waals surface area contributed by atoms with Crippen molar-refractivity contribution >= 4 is 5.97 Å². The quantitative estimate of drug-likeness (QED) is 0.730. The molecule has 0 radical (unpaired) electrons. The highest BCUT2D eigenvalue weighted by molar-refractivity contribution is 5.87. The second-order valence-electron chi connectivity index (χ2n) is 3.03. The maximum Gasteiger partial charge on any atom is 0.356 e. The fraction of sp³-hybridized carbons (Fsp3) is 0.222. The zero-order valence-corrected chi connectivity index (χ0v) is 8.39. The second kappa shape index (κ2) is 3.56. The van der Waals surface area contributed by atoms with E-state index in [1.807, 2.05) is 7.05 Å². The van der Waals surface area contributed by atoms with E-state index in [4.69, 9.17) is 0 Å². The molecule has 0 unspecified atom stereocenters. The van der Waals surface area contributed by atoms with Gasteiger partial charge in [-0.15, -0.1) is 0 Å². The van der Waals surface area contributed by atoms with Crippen molar-refractivity contribution in [3.05, 3.63) is 24.4 Å². The first-order chi connectivity index (χ1) is 7.22. The van der Waals surface area contributed by atoms with Gasteiger partial charge in [-0.2, -0.15) is 0 Å². The second-order valence-corrected chi connectivity index (χ2v) is 3.03. The molecule has 0 fully saturated rings. The van der Waals surface area contributed by atoms with Crippen LogP contribution in [0, 0.1) is 0 Å². The van der Waals surface area contributed by atoms with Crippen LogP contribution in [0.4, 0.5) is 0 Å². The molecular formula is C9H10N4O2. The highest BCUT2D eigenvalue weighted by Crippen LogP contribution is 2.13. The molecule has 0 amide bonds. The first-order valence-corrected chi connectivity index (χ1v) is 4.32. The van der Waals surface area contributed by atoms with Crippen molar-refractivity contribution < 1.29 is 9.53 Å². The lowest BCUT2D eigenvalue weighted by Crippen LogP contribution is -2.01. The molecule has 0 atom stereocenters. The summed E-state index contributed by atoms with van der Waals surface area (Å²) in [6.45, 7) is 0. The number of H-pyrrole nitrogens is 1. The van der Waals surface area contributed by atoms with Crippen LogP contribution < -0.4 is 0 Å². The summed E-state index contributed by atoms with van der Waals surface area (Å²) in [5.41, 5.74) is 1.14. The summed E-state index contributed by atoms with van der Waals surface area (Å²) in [4.78, 5) is 22.1. The smallest absolute Gasteiger partial charge is 0.356 e. The van der Waals surface area contributed by atoms with Gasteiger partial charge >= 0.3 is 5.97 Å². The Morgan fingerprint density at radius 3 is 2.93 bits per heavy atom. The van der Waals surface area contributed by atoms with Gasteiger partial charge in [-0.05, 0) is 0 Å². The maximum atomic E-state index is 11.2. The molecule has 2 aromatic heterocycles. The summed E-state index contributed by atoms with van der Waals surface area (Å²) in [7, 11) is 3.18. The zero-order valence-electron chi connectivity index (χ0n) is 8.39. The van der Waals surface area contributed by atoms with Crippen LogP contribution in [0.15, 0.2) is 18.7 Å². The summed E-state index contributed by atoms with van der Waals surface area (Å²) >= 11 is 0. The number of aromatic amines is 1. The topological polar surface area (TPSA) is 72.8 Å². The summed E-state index contributed by atoms with van der Waals surface area (Å²) in [6, 6.07) is 0. The minimum absolute atomic E-state index is 0.328. The molecule has 15 heavy (non-hydrogen) atoms. The van der Waals surface area contributed by atoms with Crippen LogP contribution in [0.1, 0.15) is 10.5 Å². The van der Waals surface area contributed by atoms with E-state index < -0.39 is 5.97 Å². The molecule has 0 bridgehead atoms. The van der Waals surface area contributed by atoms with Gasteiger partial charge in [0.2, 0.25) is 0 Å². The van der Waals surface area contributed by atoms with Crippen molar-refractivity contribution in [1.82, 2.24) is 19.5 Å². The van der Waals surface area contributed by atoms with Gasteiger partial charge in [0.25, 0.3) is 0 Å². The predicted molar refractivity (Wildman–Crippen MR) is 52.1 cm³/mol. The number of carbonyl (C=O) groups is 1. The number of nitrogens with zero attached hydrogens (tertiary/aromatic N) is 3. The Morgan fingerprint density at radius 1 is 1.53 bits per heavy atom. The number of esters is 1. The standard InChI is InChI=1S/C9H10N4O2/c1-13-5-10-4-7(13)8-11-3-6(12-8)9(14)15-2/h3-5H,1-2H3,(H,11,12). The molecular weight excluding hydrogens is 196 g/mol. The average Bonchev–Trinajstić information content (AvgIpc) is 2.84. The van der Waals surface area contributed by atoms with Crippen molar-refractivity contribution in [3.63, 3.8) is 0 Å². The number of hydrogen-bond acceptors (Lipinski definition) is 4. The first kappa shape index (κ1) is 9.45. The van der Waals surface area contributed by atoms with Gasteiger partial charge in [0.1, 0.15) is 11.4 Å². The van der Waals surface area contributed by atoms with E-state index in [1.165, 1.54) is 13.3 Å². The SMILES string of the molecule is COC(=O)c1cnc(-c2cncn2C)[nH]1. The van der Waals surface area contributed by atoms with E-state index >= 15 is 0 Å². The third-order valence-corrected chi connectivity index (χ3v) is 2.04. The van der Waals surface area contributed by atoms with Crippen LogP contribution in [-0.4, -0.2) is 32.6 Å². The lowest BCUT2D eigenvalue weighted by Gasteiger charge is -1.96. The Morgan fingerprint density at radius 2 is 2.33 bits per heavy atom. The van der Waals surface area contributed by atoms with Gasteiger partial charge in [0, 0.05) is 7.05 Å². The highest BCUT2D eigenvalue weighted by atomic mass is 16.5. The van der Waals surface area contributed by atoms with Crippen molar-refractivity contribution in [1.29, 1.82) is 0 Å². The molecule has 0 aromatic carbocycles. The third kappa shape index (κ3) is 1.61. The summed E-state index contributed by atoms with van der Waals surface area (Å²) in [5, 5.41) is 0. The minimum atomic E-state index is -0.434. The fourth-order valence-electron chi connectivity index (χ4n) is 1.25. The predicted octanol–water partition coefficient (Wildman–Crippen LogP) is 0.597. The largest absolute Gasteiger partial charge is 0.464 e. The average molecular weight is 206 g/mol. The number of imidazole rings is 2. The van der Waals surface area contributed by atoms with E-state index in [1.54, 1.807) is 17.1 Å². The van der Waals surface area contributed by atoms with E-state index in [0.29, 0.717) is 11.5 Å². The normalized spacial score (nSPS) is 10.3. The molecule has 1 N–H and O–H groups in total. The van der Waals surface area contributed by atoms with Gasteiger partial charge < -0.3 is 14.3 Å². The molecule has 6 heteroatoms. The van der Waals surface area contributed by atoms with Crippen LogP contribution in [0.3, 0.4) is 0 Å². The number of nitrogens with one attached hydrogen (secondary N) is 1. The Kier molecular flexibility index (Phi) is 2.24. The summed E-state index contributed by atoms with van der Waals surface area (Å²) < 4.78 is 6.37. The number of rotatable bonds is 2. The van der Waals surface area contributed by atoms with E-state index in [-0.39, 0.29) is 0 Å². The number of hydrogen-bond donors (Lipinski definition) is 1. The molecule has 0 aliphatic carbocycles. The molecule has 6 nitrogen and oxygen atoms in total. The number of aromatic nitrogens is 4. The lowest BCUT2D eigenvalue weighted by molar-refractivity contribution is 0.0595. The van der Waals surface area contributed by atoms with Crippen molar-refractivity contribution in [2.24, 2.45) is 7.05 Å². The molecule has 2 heterocycles. The van der Waals surface area contributed by atoms with E-state index in [9.17, 15) is 4.79 Å². The summed E-state index contributed by atoms with van der Waals surface area (Å²) in [5.74, 6) is 0.159. The Balaban J connectivity index is 2.36. The lowest BCUT2D eigenvalue weighted by atomic mass is 10.4. The molecule has 0 spiro atoms. The van der Waals surface area contributed by atoms with Gasteiger partial charge in [-0.3, -0.25) is 0 Å². The van der Waals surface area contributed by atoms with Gasteiger partial charge in [-0.1, -0.05) is 0 Å². The summed E-state index contributed by atoms with van der Waals surface area (Å²) in [6.07, 6.45) is 4.77. The first-order valence-electron chi connectivity index (χ1n) is 4.32. The van der Waals surface area contributed by atoms with Crippen LogP contribution in [0.2, 0.25) is 0 Å². The zero-order chi connectivity index (χ0) is 10.8.